The third-order valence-corrected chi connectivity index (χ3v) is 3.03. The number of carboxylic acid groups (broad SMARTS) is 1. The van der Waals surface area contributed by atoms with Crippen LogP contribution in [0.25, 0.3) is 0 Å². The van der Waals surface area contributed by atoms with Crippen LogP contribution in [0.4, 0.5) is 18.0 Å². The van der Waals surface area contributed by atoms with Gasteiger partial charge in [0.15, 0.2) is 0 Å². The van der Waals surface area contributed by atoms with E-state index in [4.69, 9.17) is 5.11 Å². The molecule has 1 rings (SSSR count). The van der Waals surface area contributed by atoms with Crippen molar-refractivity contribution in [1.29, 1.82) is 0 Å². The fourth-order valence-corrected chi connectivity index (χ4v) is 2.11. The van der Waals surface area contributed by atoms with Gasteiger partial charge in [-0.05, 0) is 12.3 Å². The number of carbonyl (C=O) groups is 2. The smallest absolute Gasteiger partial charge is 0.412 e. The lowest BCUT2D eigenvalue weighted by Crippen LogP contribution is -2.48. The minimum Gasteiger partial charge on any atom is -0.480 e. The number of hydrogen-bond acceptors (Lipinski definition) is 2. The summed E-state index contributed by atoms with van der Waals surface area (Å²) in [4.78, 5) is 25.4. The van der Waals surface area contributed by atoms with E-state index in [1.165, 1.54) is 4.90 Å². The molecule has 0 atom stereocenters. The van der Waals surface area contributed by atoms with Crippen molar-refractivity contribution in [3.05, 3.63) is 11.6 Å². The lowest BCUT2D eigenvalue weighted by Gasteiger charge is -2.33. The Labute approximate surface area is 121 Å². The van der Waals surface area contributed by atoms with Crippen molar-refractivity contribution in [3.63, 3.8) is 0 Å². The van der Waals surface area contributed by atoms with Crippen molar-refractivity contribution < 1.29 is 27.9 Å². The van der Waals surface area contributed by atoms with Crippen LogP contribution in [0.3, 0.4) is 0 Å². The van der Waals surface area contributed by atoms with Gasteiger partial charge in [-0.2, -0.15) is 13.2 Å². The van der Waals surface area contributed by atoms with E-state index in [9.17, 15) is 22.8 Å². The van der Waals surface area contributed by atoms with Gasteiger partial charge in [0, 0.05) is 25.2 Å². The molecule has 21 heavy (non-hydrogen) atoms. The molecule has 0 aliphatic carbocycles. The molecule has 0 aromatic rings. The lowest BCUT2D eigenvalue weighted by molar-refractivity contribution is -0.137. The highest BCUT2D eigenvalue weighted by Crippen LogP contribution is 2.30. The van der Waals surface area contributed by atoms with Crippen molar-refractivity contribution in [2.45, 2.75) is 26.4 Å². The van der Waals surface area contributed by atoms with E-state index in [-0.39, 0.29) is 32.0 Å². The molecule has 0 fully saturated rings. The maximum absolute atomic E-state index is 12.5. The molecule has 1 heterocycles. The van der Waals surface area contributed by atoms with Gasteiger partial charge in [0.2, 0.25) is 0 Å². The van der Waals surface area contributed by atoms with E-state index in [1.54, 1.807) is 0 Å². The molecule has 120 valence electrons. The molecule has 8 heteroatoms. The Hall–Kier alpha value is -1.73. The summed E-state index contributed by atoms with van der Waals surface area (Å²) < 4.78 is 37.5. The van der Waals surface area contributed by atoms with Gasteiger partial charge in [-0.25, -0.2) is 4.79 Å². The van der Waals surface area contributed by atoms with Crippen molar-refractivity contribution in [1.82, 2.24) is 9.80 Å². The first kappa shape index (κ1) is 17.3. The van der Waals surface area contributed by atoms with Crippen LogP contribution >= 0.6 is 0 Å². The number of halogens is 3. The molecule has 0 saturated carbocycles. The third kappa shape index (κ3) is 5.28. The Balaban J connectivity index is 2.73. The van der Waals surface area contributed by atoms with Crippen LogP contribution in [0.15, 0.2) is 11.6 Å². The van der Waals surface area contributed by atoms with E-state index in [1.807, 2.05) is 13.8 Å². The molecule has 1 aliphatic rings. The van der Waals surface area contributed by atoms with Crippen LogP contribution < -0.4 is 0 Å². The third-order valence-electron chi connectivity index (χ3n) is 3.03. The summed E-state index contributed by atoms with van der Waals surface area (Å²) in [5.74, 6) is -1.08. The number of hydrogen-bond donors (Lipinski definition) is 1. The van der Waals surface area contributed by atoms with Gasteiger partial charge in [0.25, 0.3) is 0 Å². The number of alkyl halides is 3. The van der Waals surface area contributed by atoms with Crippen molar-refractivity contribution in [2.75, 3.05) is 26.2 Å². The van der Waals surface area contributed by atoms with Gasteiger partial charge >= 0.3 is 18.2 Å². The molecule has 0 aromatic heterocycles. The van der Waals surface area contributed by atoms with Crippen LogP contribution in [-0.4, -0.2) is 59.3 Å². The SMILES string of the molecule is CC(C)CN(CC(=O)O)C(=O)N1CC=C(C(F)(F)F)CC1. The molecule has 0 bridgehead atoms. The number of carbonyl (C=O) groups excluding carboxylic acids is 1. The van der Waals surface area contributed by atoms with Gasteiger partial charge < -0.3 is 14.9 Å². The molecule has 0 spiro atoms. The van der Waals surface area contributed by atoms with Crippen LogP contribution in [0.2, 0.25) is 0 Å². The second kappa shape index (κ2) is 6.82. The predicted octanol–water partition coefficient (Wildman–Crippen LogP) is 2.34. The molecular weight excluding hydrogens is 289 g/mol. The average molecular weight is 308 g/mol. The summed E-state index contributed by atoms with van der Waals surface area (Å²) >= 11 is 0. The molecule has 1 aliphatic heterocycles. The fraction of sp³-hybridized carbons (Fsp3) is 0.692. The summed E-state index contributed by atoms with van der Waals surface area (Å²) in [5.41, 5.74) is -0.639. The molecule has 0 unspecified atom stereocenters. The van der Waals surface area contributed by atoms with Crippen LogP contribution in [-0.2, 0) is 4.79 Å². The van der Waals surface area contributed by atoms with E-state index in [2.05, 4.69) is 0 Å². The highest BCUT2D eigenvalue weighted by Gasteiger charge is 2.36. The van der Waals surface area contributed by atoms with Crippen LogP contribution in [0, 0.1) is 5.92 Å². The first-order valence-corrected chi connectivity index (χ1v) is 6.63. The largest absolute Gasteiger partial charge is 0.480 e. The Bertz CT molecular complexity index is 433. The number of carboxylic acids is 1. The van der Waals surface area contributed by atoms with Gasteiger partial charge in [0.05, 0.1) is 0 Å². The molecule has 5 nitrogen and oxygen atoms in total. The van der Waals surface area contributed by atoms with E-state index in [0.29, 0.717) is 0 Å². The Morgan fingerprint density at radius 2 is 2.05 bits per heavy atom. The van der Waals surface area contributed by atoms with E-state index in [0.717, 1.165) is 11.0 Å². The van der Waals surface area contributed by atoms with Crippen molar-refractivity contribution in [3.8, 4) is 0 Å². The van der Waals surface area contributed by atoms with Gasteiger partial charge in [-0.1, -0.05) is 19.9 Å². The van der Waals surface area contributed by atoms with Gasteiger partial charge in [-0.3, -0.25) is 4.79 Å². The minimum atomic E-state index is -4.37. The maximum Gasteiger partial charge on any atom is 0.412 e. The highest BCUT2D eigenvalue weighted by atomic mass is 19.4. The average Bonchev–Trinajstić information content (AvgIpc) is 2.35. The van der Waals surface area contributed by atoms with E-state index < -0.39 is 30.3 Å². The second-order valence-corrected chi connectivity index (χ2v) is 5.37. The highest BCUT2D eigenvalue weighted by molar-refractivity contribution is 5.80. The summed E-state index contributed by atoms with van der Waals surface area (Å²) in [6, 6.07) is -0.538. The Morgan fingerprint density at radius 1 is 1.43 bits per heavy atom. The normalized spacial score (nSPS) is 15.9. The van der Waals surface area contributed by atoms with Gasteiger partial charge in [0.1, 0.15) is 6.54 Å². The van der Waals surface area contributed by atoms with Crippen LogP contribution in [0.5, 0.6) is 0 Å². The quantitative estimate of drug-likeness (QED) is 0.811. The fourth-order valence-electron chi connectivity index (χ4n) is 2.11. The Kier molecular flexibility index (Phi) is 5.62. The zero-order valence-corrected chi connectivity index (χ0v) is 12.0. The topological polar surface area (TPSA) is 60.9 Å². The summed E-state index contributed by atoms with van der Waals surface area (Å²) in [7, 11) is 0. The summed E-state index contributed by atoms with van der Waals surface area (Å²) in [5, 5.41) is 8.82. The molecular formula is C13H19F3N2O3. The predicted molar refractivity (Wildman–Crippen MR) is 69.8 cm³/mol. The first-order chi connectivity index (χ1) is 9.61. The van der Waals surface area contributed by atoms with Crippen LogP contribution in [0.1, 0.15) is 20.3 Å². The zero-order chi connectivity index (χ0) is 16.2. The van der Waals surface area contributed by atoms with Gasteiger partial charge in [-0.15, -0.1) is 0 Å². The zero-order valence-electron chi connectivity index (χ0n) is 12.0. The Morgan fingerprint density at radius 3 is 2.43 bits per heavy atom. The number of aliphatic carboxylic acids is 1. The number of nitrogens with zero attached hydrogens (tertiary/aromatic N) is 2. The molecule has 0 radical (unpaired) electrons. The maximum atomic E-state index is 12.5. The molecule has 1 N–H and O–H groups in total. The minimum absolute atomic E-state index is 0.0572. The molecule has 0 saturated heterocycles. The molecule has 0 aromatic carbocycles. The standard InChI is InChI=1S/C13H19F3N2O3/c1-9(2)7-18(8-11(19)20)12(21)17-5-3-10(4-6-17)13(14,15)16/h3,9H,4-8H2,1-2H3,(H,19,20). The van der Waals surface area contributed by atoms with Crippen molar-refractivity contribution >= 4 is 12.0 Å². The number of rotatable bonds is 4. The summed E-state index contributed by atoms with van der Waals surface area (Å²) in [6.07, 6.45) is -3.65. The summed E-state index contributed by atoms with van der Waals surface area (Å²) in [6.45, 7) is 3.25. The molecule has 2 amide bonds. The van der Waals surface area contributed by atoms with Crippen molar-refractivity contribution in [2.24, 2.45) is 5.92 Å². The monoisotopic (exact) mass is 308 g/mol. The second-order valence-electron chi connectivity index (χ2n) is 5.37. The first-order valence-electron chi connectivity index (χ1n) is 6.63. The number of urea groups is 1. The number of amides is 2. The van der Waals surface area contributed by atoms with E-state index >= 15 is 0 Å². The lowest BCUT2D eigenvalue weighted by atomic mass is 10.1.